The average molecular weight is 487 g/mol. The molecule has 0 rings (SSSR count). The van der Waals surface area contributed by atoms with E-state index in [4.69, 9.17) is 51.9 Å². The first-order valence-corrected chi connectivity index (χ1v) is 7.85. The largest absolute Gasteiger partial charge is 4.00 e. The molecule has 0 amide bonds. The zero-order valence-electron chi connectivity index (χ0n) is 8.54. The monoisotopic (exact) mass is 486 g/mol. The first kappa shape index (κ1) is 33.0. The molecule has 0 fully saturated rings. The van der Waals surface area contributed by atoms with E-state index in [1.165, 1.54) is 0 Å². The van der Waals surface area contributed by atoms with Crippen molar-refractivity contribution >= 4 is 42.0 Å². The molecule has 12 nitrogen and oxygen atoms in total. The van der Waals surface area contributed by atoms with Gasteiger partial charge in [0.05, 0.1) is 0 Å². The fourth-order valence-corrected chi connectivity index (χ4v) is 0. The molecule has 21 heavy (non-hydrogen) atoms. The van der Waals surface area contributed by atoms with Crippen molar-refractivity contribution in [3.63, 3.8) is 0 Å². The van der Waals surface area contributed by atoms with Gasteiger partial charge in [0, 0.05) is 0 Å². The first-order chi connectivity index (χ1) is 8.00. The van der Waals surface area contributed by atoms with Crippen molar-refractivity contribution in [1.29, 1.82) is 0 Å². The van der Waals surface area contributed by atoms with E-state index in [9.17, 15) is 15.5 Å². The molecule has 0 aliphatic heterocycles. The van der Waals surface area contributed by atoms with Gasteiger partial charge in [0.2, 0.25) is 0 Å². The van der Waals surface area contributed by atoms with Gasteiger partial charge in [-0.05, 0) is 0 Å². The maximum Gasteiger partial charge on any atom is 4.00 e. The van der Waals surface area contributed by atoms with Crippen molar-refractivity contribution < 1.29 is 93.6 Å². The van der Waals surface area contributed by atoms with E-state index in [2.05, 4.69) is 0 Å². The molecule has 0 aromatic heterocycles. The van der Waals surface area contributed by atoms with Gasteiger partial charge in [-0.3, -0.25) is 0 Å². The van der Waals surface area contributed by atoms with Crippen LogP contribution >= 0.6 is 0 Å². The second-order valence-electron chi connectivity index (χ2n) is 1.57. The first-order valence-electron chi connectivity index (χ1n) is 2.62. The zero-order valence-corrected chi connectivity index (χ0v) is 14.3. The molecule has 0 unspecified atom stereocenters. The van der Waals surface area contributed by atoms with E-state index >= 15 is 0 Å². The van der Waals surface area contributed by atoms with Crippen LogP contribution in [-0.2, 0) is 68.2 Å². The molecule has 21 heteroatoms. The summed E-state index contributed by atoms with van der Waals surface area (Å²) in [6.07, 6.45) is 0. The molecular weight excluding hydrogens is 487 g/mol. The van der Waals surface area contributed by atoms with Crippen molar-refractivity contribution in [2.24, 2.45) is 0 Å². The summed E-state index contributed by atoms with van der Waals surface area (Å²) in [7, 11) is -21.7. The van der Waals surface area contributed by atoms with Gasteiger partial charge in [-0.25, -0.2) is 33.7 Å². The Labute approximate surface area is 135 Å². The van der Waals surface area contributed by atoms with Gasteiger partial charge in [0.15, 0.2) is 0 Å². The molecule has 0 aliphatic rings. The molecule has 0 radical (unpaired) electrons. The third kappa shape index (κ3) is 114000. The summed E-state index contributed by atoms with van der Waals surface area (Å²) in [6, 6.07) is 0. The van der Waals surface area contributed by atoms with Crippen LogP contribution in [0.4, 0.5) is 15.5 Å². The van der Waals surface area contributed by atoms with Crippen molar-refractivity contribution in [2.75, 3.05) is 0 Å². The molecule has 0 atom stereocenters. The summed E-state index contributed by atoms with van der Waals surface area (Å²) in [5, 5.41) is 0. The molecule has 0 spiro atoms. The Morgan fingerprint density at radius 3 is 0.429 bits per heavy atom. The van der Waals surface area contributed by atoms with Gasteiger partial charge in [-0.2, -0.15) is 0 Å². The standard InChI is InChI=1S/4FHO3S.Zr/c4*1-5(2,3)4;/h4*(H,2,3,4);/q;;;;+4/p-4. The van der Waals surface area contributed by atoms with Gasteiger partial charge in [-0.1, -0.05) is 0 Å². The number of hydrogen-bond donors (Lipinski definition) is 0. The fourth-order valence-electron chi connectivity index (χ4n) is 0. The van der Waals surface area contributed by atoms with Crippen LogP contribution in [0.2, 0.25) is 0 Å². The predicted molar refractivity (Wildman–Crippen MR) is 43.2 cm³/mol. The summed E-state index contributed by atoms with van der Waals surface area (Å²) < 4.78 is 141. The molecule has 0 heterocycles. The van der Waals surface area contributed by atoms with E-state index < -0.39 is 42.0 Å². The minimum Gasteiger partial charge on any atom is -0.722 e. The molecule has 0 N–H and O–H groups in total. The Balaban J connectivity index is -0.0000000533. The summed E-state index contributed by atoms with van der Waals surface area (Å²) in [5.41, 5.74) is 0. The molecule has 0 aromatic rings. The normalized spacial score (nSPS) is 11.0. The van der Waals surface area contributed by atoms with Gasteiger partial charge in [0.1, 0.15) is 0 Å². The Morgan fingerprint density at radius 2 is 0.429 bits per heavy atom. The fraction of sp³-hybridized carbons (Fsp3) is 0. The van der Waals surface area contributed by atoms with Crippen LogP contribution in [0.25, 0.3) is 0 Å². The number of rotatable bonds is 0. The minimum atomic E-state index is -5.42. The van der Waals surface area contributed by atoms with Gasteiger partial charge < -0.3 is 18.2 Å². The molecular formula is F4O12S4Zr. The van der Waals surface area contributed by atoms with Crippen LogP contribution in [0.15, 0.2) is 0 Å². The quantitative estimate of drug-likeness (QED) is 0.199. The number of halogens is 4. The van der Waals surface area contributed by atoms with Crippen LogP contribution in [0, 0.1) is 0 Å². The maximum atomic E-state index is 10.1. The Morgan fingerprint density at radius 1 is 0.429 bits per heavy atom. The third-order valence-electron chi connectivity index (χ3n) is 0. The molecule has 0 aliphatic carbocycles. The van der Waals surface area contributed by atoms with Crippen molar-refractivity contribution in [1.82, 2.24) is 0 Å². The SMILES string of the molecule is O=S(=O)([O-])F.O=S(=O)([O-])F.O=S(=O)([O-])F.O=S(=O)([O-])F.[Zr+4]. The van der Waals surface area contributed by atoms with E-state index in [1.54, 1.807) is 0 Å². The second kappa shape index (κ2) is 12.8. The molecule has 0 saturated carbocycles. The predicted octanol–water partition coefficient (Wildman–Crippen LogP) is -2.34. The van der Waals surface area contributed by atoms with Crippen molar-refractivity contribution in [3.8, 4) is 0 Å². The van der Waals surface area contributed by atoms with E-state index in [1.807, 2.05) is 0 Å². The summed E-state index contributed by atoms with van der Waals surface area (Å²) in [5.74, 6) is 0. The summed E-state index contributed by atoms with van der Waals surface area (Å²) >= 11 is 0. The van der Waals surface area contributed by atoms with Gasteiger partial charge in [-0.15, -0.1) is 15.5 Å². The van der Waals surface area contributed by atoms with Crippen LogP contribution in [-0.4, -0.2) is 51.9 Å². The molecule has 0 bridgehead atoms. The topological polar surface area (TPSA) is 229 Å². The van der Waals surface area contributed by atoms with Gasteiger partial charge >= 0.3 is 26.2 Å². The average Bonchev–Trinajstić information content (AvgIpc) is 1.62. The van der Waals surface area contributed by atoms with Crippen molar-refractivity contribution in [3.05, 3.63) is 0 Å². The minimum absolute atomic E-state index is 0. The number of hydrogen-bond acceptors (Lipinski definition) is 12. The molecule has 0 saturated heterocycles. The molecule has 0 aromatic carbocycles. The van der Waals surface area contributed by atoms with E-state index in [0.29, 0.717) is 0 Å². The summed E-state index contributed by atoms with van der Waals surface area (Å²) in [6.45, 7) is 0. The van der Waals surface area contributed by atoms with Crippen LogP contribution in [0.5, 0.6) is 0 Å². The third-order valence-corrected chi connectivity index (χ3v) is 0. The Hall–Kier alpha value is 0.243. The van der Waals surface area contributed by atoms with Crippen LogP contribution in [0.3, 0.4) is 0 Å². The van der Waals surface area contributed by atoms with E-state index in [-0.39, 0.29) is 26.2 Å². The van der Waals surface area contributed by atoms with E-state index in [0.717, 1.165) is 0 Å². The zero-order chi connectivity index (χ0) is 18.0. The van der Waals surface area contributed by atoms with Gasteiger partial charge in [0.25, 0.3) is 42.0 Å². The molecule has 128 valence electrons. The maximum absolute atomic E-state index is 10.1. The Bertz CT molecular complexity index is 486. The summed E-state index contributed by atoms with van der Waals surface area (Å²) in [4.78, 5) is 0. The van der Waals surface area contributed by atoms with Crippen molar-refractivity contribution in [2.45, 2.75) is 0 Å². The smallest absolute Gasteiger partial charge is 0.722 e. The van der Waals surface area contributed by atoms with Crippen LogP contribution in [0.1, 0.15) is 0 Å². The van der Waals surface area contributed by atoms with Crippen LogP contribution < -0.4 is 0 Å². The Kier molecular flexibility index (Phi) is 20.0. The second-order valence-corrected chi connectivity index (χ2v) is 4.72.